The second-order valence-electron chi connectivity index (χ2n) is 10.9. The summed E-state index contributed by atoms with van der Waals surface area (Å²) in [6, 6.07) is 19.3. The molecule has 8 nitrogen and oxygen atoms in total. The molecule has 0 aromatic heterocycles. The number of anilines is 1. The number of nitrogens with zero attached hydrogens (tertiary/aromatic N) is 2. The Morgan fingerprint density at radius 3 is 2.14 bits per heavy atom. The van der Waals surface area contributed by atoms with Crippen LogP contribution in [0.1, 0.15) is 46.6 Å². The number of sulfonamides is 1. The summed E-state index contributed by atoms with van der Waals surface area (Å²) in [6.07, 6.45) is 2.21. The molecule has 0 heterocycles. The maximum atomic E-state index is 14.2. The van der Waals surface area contributed by atoms with Gasteiger partial charge in [-0.1, -0.05) is 36.7 Å². The Morgan fingerprint density at radius 2 is 1.60 bits per heavy atom. The Morgan fingerprint density at radius 1 is 0.977 bits per heavy atom. The van der Waals surface area contributed by atoms with Crippen molar-refractivity contribution in [2.24, 2.45) is 0 Å². The maximum absolute atomic E-state index is 14.2. The summed E-state index contributed by atoms with van der Waals surface area (Å²) >= 11 is 7.96. The minimum atomic E-state index is -4.19. The van der Waals surface area contributed by atoms with Crippen molar-refractivity contribution in [2.45, 2.75) is 69.0 Å². The summed E-state index contributed by atoms with van der Waals surface area (Å²) in [5.74, 6) is -0.308. The minimum Gasteiger partial charge on any atom is -0.494 e. The standard InChI is InChI=1S/C32H40ClN3O5S2/c1-7-29(31(38)34-32(3,4)5)35(21-23-11-9-10-12-28(23)33)30(37)22-36(24-13-15-25(16-14-24)41-8-2)43(39,40)27-19-17-26(42-6)18-20-27/h9-20,29H,7-8,21-22H2,1-6H3,(H,34,38)/t29-/m1/s1. The fraction of sp³-hybridized carbons (Fsp3) is 0.375. The van der Waals surface area contributed by atoms with Crippen molar-refractivity contribution in [3.8, 4) is 5.75 Å². The van der Waals surface area contributed by atoms with Crippen LogP contribution < -0.4 is 14.4 Å². The summed E-state index contributed by atoms with van der Waals surface area (Å²) in [7, 11) is -4.19. The summed E-state index contributed by atoms with van der Waals surface area (Å²) in [6.45, 7) is 9.19. The minimum absolute atomic E-state index is 0.0220. The number of hydrogen-bond donors (Lipinski definition) is 1. The van der Waals surface area contributed by atoms with Crippen LogP contribution in [0, 0.1) is 0 Å². The van der Waals surface area contributed by atoms with Gasteiger partial charge < -0.3 is 15.0 Å². The number of nitrogens with one attached hydrogen (secondary N) is 1. The van der Waals surface area contributed by atoms with Crippen molar-refractivity contribution >= 4 is 50.9 Å². The van der Waals surface area contributed by atoms with E-state index >= 15 is 0 Å². The van der Waals surface area contributed by atoms with E-state index in [-0.39, 0.29) is 23.0 Å². The van der Waals surface area contributed by atoms with Crippen molar-refractivity contribution in [1.82, 2.24) is 10.2 Å². The average Bonchev–Trinajstić information content (AvgIpc) is 2.96. The Labute approximate surface area is 264 Å². The van der Waals surface area contributed by atoms with E-state index < -0.39 is 34.1 Å². The van der Waals surface area contributed by atoms with Crippen molar-refractivity contribution < 1.29 is 22.7 Å². The van der Waals surface area contributed by atoms with Crippen LogP contribution in [0.3, 0.4) is 0 Å². The molecule has 3 aromatic rings. The third-order valence-corrected chi connectivity index (χ3v) is 9.45. The first-order chi connectivity index (χ1) is 20.3. The van der Waals surface area contributed by atoms with E-state index in [2.05, 4.69) is 5.32 Å². The summed E-state index contributed by atoms with van der Waals surface area (Å²) < 4.78 is 34.8. The molecule has 0 aliphatic heterocycles. The van der Waals surface area contributed by atoms with Gasteiger partial charge >= 0.3 is 0 Å². The van der Waals surface area contributed by atoms with Crippen LogP contribution in [0.25, 0.3) is 0 Å². The molecule has 0 saturated carbocycles. The van der Waals surface area contributed by atoms with Gasteiger partial charge in [0.05, 0.1) is 17.2 Å². The molecule has 0 saturated heterocycles. The number of hydrogen-bond acceptors (Lipinski definition) is 6. The highest BCUT2D eigenvalue weighted by molar-refractivity contribution is 7.98. The van der Waals surface area contributed by atoms with Gasteiger partial charge in [-0.25, -0.2) is 8.42 Å². The second-order valence-corrected chi connectivity index (χ2v) is 14.0. The highest BCUT2D eigenvalue weighted by Gasteiger charge is 2.35. The molecule has 1 N–H and O–H groups in total. The Hall–Kier alpha value is -3.21. The molecule has 3 aromatic carbocycles. The highest BCUT2D eigenvalue weighted by atomic mass is 35.5. The molecule has 232 valence electrons. The summed E-state index contributed by atoms with van der Waals surface area (Å²) in [4.78, 5) is 30.1. The van der Waals surface area contributed by atoms with E-state index in [4.69, 9.17) is 16.3 Å². The quantitative estimate of drug-likeness (QED) is 0.217. The number of halogens is 1. The Balaban J connectivity index is 2.09. The molecule has 0 aliphatic carbocycles. The number of amides is 2. The summed E-state index contributed by atoms with van der Waals surface area (Å²) in [5.41, 5.74) is 0.391. The van der Waals surface area contributed by atoms with Crippen molar-refractivity contribution in [1.29, 1.82) is 0 Å². The largest absolute Gasteiger partial charge is 0.494 e. The fourth-order valence-corrected chi connectivity index (χ4v) is 6.48. The molecule has 0 unspecified atom stereocenters. The normalized spacial score (nSPS) is 12.3. The summed E-state index contributed by atoms with van der Waals surface area (Å²) in [5, 5.41) is 3.40. The van der Waals surface area contributed by atoms with Crippen molar-refractivity contribution in [3.05, 3.63) is 83.4 Å². The lowest BCUT2D eigenvalue weighted by Crippen LogP contribution is -2.55. The van der Waals surface area contributed by atoms with Crippen molar-refractivity contribution in [2.75, 3.05) is 23.7 Å². The number of thioether (sulfide) groups is 1. The lowest BCUT2D eigenvalue weighted by Gasteiger charge is -2.35. The van der Waals surface area contributed by atoms with Gasteiger partial charge in [0.2, 0.25) is 11.8 Å². The smallest absolute Gasteiger partial charge is 0.264 e. The van der Waals surface area contributed by atoms with Gasteiger partial charge in [0, 0.05) is 22.0 Å². The molecular formula is C32H40ClN3O5S2. The number of carbonyl (C=O) groups is 2. The second kappa shape index (κ2) is 15.0. The van der Waals surface area contributed by atoms with Crippen LogP contribution in [0.4, 0.5) is 5.69 Å². The molecule has 3 rings (SSSR count). The predicted octanol–water partition coefficient (Wildman–Crippen LogP) is 6.38. The van der Waals surface area contributed by atoms with Crippen LogP contribution >= 0.6 is 23.4 Å². The van der Waals surface area contributed by atoms with Gasteiger partial charge in [0.15, 0.2) is 0 Å². The Bertz CT molecular complexity index is 1490. The number of benzene rings is 3. The molecule has 0 aliphatic rings. The van der Waals surface area contributed by atoms with Gasteiger partial charge in [-0.05, 0) is 101 Å². The van der Waals surface area contributed by atoms with Crippen LogP contribution in [0.2, 0.25) is 5.02 Å². The van der Waals surface area contributed by atoms with Crippen LogP contribution in [0.15, 0.2) is 82.6 Å². The monoisotopic (exact) mass is 645 g/mol. The first kappa shape index (κ1) is 34.3. The van der Waals surface area contributed by atoms with E-state index in [1.807, 2.05) is 40.9 Å². The first-order valence-electron chi connectivity index (χ1n) is 14.0. The molecule has 43 heavy (non-hydrogen) atoms. The van der Waals surface area contributed by atoms with Gasteiger partial charge in [-0.15, -0.1) is 11.8 Å². The SMILES string of the molecule is CCOc1ccc(N(CC(=O)N(Cc2ccccc2Cl)[C@H](CC)C(=O)NC(C)(C)C)S(=O)(=O)c2ccc(SC)cc2)cc1. The van der Waals surface area contributed by atoms with E-state index in [0.717, 1.165) is 9.20 Å². The van der Waals surface area contributed by atoms with Crippen LogP contribution in [-0.4, -0.2) is 56.1 Å². The first-order valence-corrected chi connectivity index (χ1v) is 17.1. The highest BCUT2D eigenvalue weighted by Crippen LogP contribution is 2.28. The zero-order chi connectivity index (χ0) is 31.8. The zero-order valence-electron chi connectivity index (χ0n) is 25.5. The Kier molecular flexibility index (Phi) is 12.0. The zero-order valence-corrected chi connectivity index (χ0v) is 27.9. The van der Waals surface area contributed by atoms with Crippen LogP contribution in [-0.2, 0) is 26.2 Å². The fourth-order valence-electron chi connectivity index (χ4n) is 4.46. The van der Waals surface area contributed by atoms with Crippen molar-refractivity contribution in [3.63, 3.8) is 0 Å². The number of ether oxygens (including phenoxy) is 1. The third-order valence-electron chi connectivity index (χ3n) is 6.54. The molecule has 0 spiro atoms. The predicted molar refractivity (Wildman–Crippen MR) is 174 cm³/mol. The van der Waals surface area contributed by atoms with E-state index in [1.165, 1.54) is 28.8 Å². The molecule has 2 amide bonds. The number of carbonyl (C=O) groups excluding carboxylic acids is 2. The van der Waals surface area contributed by atoms with E-state index in [9.17, 15) is 18.0 Å². The lowest BCUT2D eigenvalue weighted by molar-refractivity contribution is -0.141. The van der Waals surface area contributed by atoms with Crippen LogP contribution in [0.5, 0.6) is 5.75 Å². The molecule has 0 bridgehead atoms. The molecule has 11 heteroatoms. The topological polar surface area (TPSA) is 96.0 Å². The van der Waals surface area contributed by atoms with Gasteiger partial charge in [-0.3, -0.25) is 13.9 Å². The molecular weight excluding hydrogens is 606 g/mol. The van der Waals surface area contributed by atoms with Gasteiger partial charge in [0.1, 0.15) is 18.3 Å². The molecule has 0 radical (unpaired) electrons. The van der Waals surface area contributed by atoms with Gasteiger partial charge in [-0.2, -0.15) is 0 Å². The molecule has 0 fully saturated rings. The van der Waals surface area contributed by atoms with E-state index in [1.54, 1.807) is 60.7 Å². The van der Waals surface area contributed by atoms with Gasteiger partial charge in [0.25, 0.3) is 10.0 Å². The average molecular weight is 646 g/mol. The molecule has 1 atom stereocenters. The maximum Gasteiger partial charge on any atom is 0.264 e. The lowest BCUT2D eigenvalue weighted by atomic mass is 10.1. The third kappa shape index (κ3) is 9.14. The number of rotatable bonds is 13. The van der Waals surface area contributed by atoms with E-state index in [0.29, 0.717) is 29.4 Å².